The van der Waals surface area contributed by atoms with Crippen molar-refractivity contribution in [1.29, 1.82) is 0 Å². The first-order chi connectivity index (χ1) is 12.1. The van der Waals surface area contributed by atoms with Gasteiger partial charge in [0.05, 0.1) is 0 Å². The van der Waals surface area contributed by atoms with E-state index in [2.05, 4.69) is 4.98 Å². The number of carboxylic acid groups (broad SMARTS) is 1. The molecule has 0 unspecified atom stereocenters. The molecule has 6 nitrogen and oxygen atoms in total. The van der Waals surface area contributed by atoms with Crippen LogP contribution in [0.15, 0.2) is 53.8 Å². The van der Waals surface area contributed by atoms with Crippen LogP contribution in [0.1, 0.15) is 18.4 Å². The molecule has 2 aliphatic rings. The molecule has 0 spiro atoms. The predicted octanol–water partition coefficient (Wildman–Crippen LogP) is 2.18. The highest BCUT2D eigenvalue weighted by Crippen LogP contribution is 2.32. The Labute approximate surface area is 143 Å². The number of hydrogen-bond donors (Lipinski definition) is 2. The zero-order valence-electron chi connectivity index (χ0n) is 13.4. The van der Waals surface area contributed by atoms with E-state index in [9.17, 15) is 19.5 Å². The van der Waals surface area contributed by atoms with Crippen LogP contribution in [0.2, 0.25) is 0 Å². The summed E-state index contributed by atoms with van der Waals surface area (Å²) in [6, 6.07) is 6.30. The summed E-state index contributed by atoms with van der Waals surface area (Å²) in [5.74, 6) is -2.21. The van der Waals surface area contributed by atoms with Crippen molar-refractivity contribution in [2.45, 2.75) is 25.3 Å². The van der Waals surface area contributed by atoms with E-state index in [1.165, 1.54) is 0 Å². The molecule has 1 saturated heterocycles. The van der Waals surface area contributed by atoms with Crippen molar-refractivity contribution in [3.05, 3.63) is 59.3 Å². The molecule has 0 radical (unpaired) electrons. The number of para-hydroxylation sites is 1. The van der Waals surface area contributed by atoms with Crippen LogP contribution in [0.4, 0.5) is 0 Å². The Kier molecular flexibility index (Phi) is 3.53. The molecule has 2 N–H and O–H groups in total. The first-order valence-electron chi connectivity index (χ1n) is 8.14. The molecule has 0 bridgehead atoms. The van der Waals surface area contributed by atoms with E-state index >= 15 is 0 Å². The van der Waals surface area contributed by atoms with Crippen LogP contribution < -0.4 is 0 Å². The second kappa shape index (κ2) is 5.73. The second-order valence-electron chi connectivity index (χ2n) is 6.21. The summed E-state index contributed by atoms with van der Waals surface area (Å²) in [5.41, 5.74) is 2.32. The van der Waals surface area contributed by atoms with E-state index in [0.29, 0.717) is 24.0 Å². The van der Waals surface area contributed by atoms with Gasteiger partial charge in [-0.3, -0.25) is 14.5 Å². The number of carboxylic acids is 1. The molecule has 25 heavy (non-hydrogen) atoms. The highest BCUT2D eigenvalue weighted by Gasteiger charge is 2.45. The number of carbonyl (C=O) groups excluding carboxylic acids is 2. The minimum Gasteiger partial charge on any atom is -0.480 e. The number of hydrogen-bond acceptors (Lipinski definition) is 3. The third kappa shape index (κ3) is 2.38. The number of aromatic nitrogens is 1. The quantitative estimate of drug-likeness (QED) is 0.837. The lowest BCUT2D eigenvalue weighted by Gasteiger charge is -2.21. The van der Waals surface area contributed by atoms with Gasteiger partial charge >= 0.3 is 5.97 Å². The molecule has 1 aliphatic carbocycles. The maximum absolute atomic E-state index is 12.6. The monoisotopic (exact) mass is 336 g/mol. The molecule has 2 amide bonds. The summed E-state index contributed by atoms with van der Waals surface area (Å²) in [5, 5.41) is 10.6. The number of carbonyl (C=O) groups is 3. The molecule has 126 valence electrons. The second-order valence-corrected chi connectivity index (χ2v) is 6.21. The molecule has 6 heteroatoms. The van der Waals surface area contributed by atoms with Crippen molar-refractivity contribution in [1.82, 2.24) is 9.88 Å². The van der Waals surface area contributed by atoms with Gasteiger partial charge in [0.1, 0.15) is 6.04 Å². The number of nitrogens with zero attached hydrogens (tertiary/aromatic N) is 1. The van der Waals surface area contributed by atoms with Crippen molar-refractivity contribution in [2.24, 2.45) is 0 Å². The van der Waals surface area contributed by atoms with Gasteiger partial charge in [-0.25, -0.2) is 4.79 Å². The molecular formula is C19H16N2O4. The fourth-order valence-electron chi connectivity index (χ4n) is 3.51. The maximum atomic E-state index is 12.6. The average Bonchev–Trinajstić information content (AvgIpc) is 3.13. The van der Waals surface area contributed by atoms with E-state index in [0.717, 1.165) is 21.4 Å². The SMILES string of the molecule is O=C(O)[C@H](Cc1c[nH]c2ccccc12)N1C(=O)C2=CCCC=C2C1=O. The van der Waals surface area contributed by atoms with Gasteiger partial charge in [-0.05, 0) is 24.5 Å². The van der Waals surface area contributed by atoms with Crippen LogP contribution in [0.5, 0.6) is 0 Å². The summed E-state index contributed by atoms with van der Waals surface area (Å²) in [7, 11) is 0. The molecule has 4 rings (SSSR count). The van der Waals surface area contributed by atoms with Crippen molar-refractivity contribution < 1.29 is 19.5 Å². The van der Waals surface area contributed by atoms with Crippen molar-refractivity contribution >= 4 is 28.7 Å². The third-order valence-electron chi connectivity index (χ3n) is 4.74. The first kappa shape index (κ1) is 15.4. The lowest BCUT2D eigenvalue weighted by atomic mass is 10.0. The number of rotatable bonds is 4. The van der Waals surface area contributed by atoms with Gasteiger partial charge in [-0.1, -0.05) is 30.4 Å². The number of benzene rings is 1. The fourth-order valence-corrected chi connectivity index (χ4v) is 3.51. The van der Waals surface area contributed by atoms with E-state index in [1.807, 2.05) is 24.3 Å². The van der Waals surface area contributed by atoms with E-state index in [-0.39, 0.29) is 6.42 Å². The highest BCUT2D eigenvalue weighted by molar-refractivity contribution is 6.25. The number of aromatic amines is 1. The molecule has 2 aromatic rings. The Morgan fingerprint density at radius 2 is 1.76 bits per heavy atom. The first-order valence-corrected chi connectivity index (χ1v) is 8.14. The zero-order valence-corrected chi connectivity index (χ0v) is 13.4. The van der Waals surface area contributed by atoms with Crippen molar-refractivity contribution in [2.75, 3.05) is 0 Å². The van der Waals surface area contributed by atoms with Crippen LogP contribution in [0.3, 0.4) is 0 Å². The molecule has 1 fully saturated rings. The zero-order chi connectivity index (χ0) is 17.6. The van der Waals surface area contributed by atoms with Gasteiger partial charge in [0, 0.05) is 34.7 Å². The van der Waals surface area contributed by atoms with Gasteiger partial charge in [0.25, 0.3) is 11.8 Å². The molecular weight excluding hydrogens is 320 g/mol. The highest BCUT2D eigenvalue weighted by atomic mass is 16.4. The van der Waals surface area contributed by atoms with Crippen LogP contribution >= 0.6 is 0 Å². The lowest BCUT2D eigenvalue weighted by molar-refractivity contribution is -0.153. The number of likely N-dealkylation sites (tertiary alicyclic amines) is 1. The third-order valence-corrected chi connectivity index (χ3v) is 4.74. The number of nitrogens with one attached hydrogen (secondary N) is 1. The minimum absolute atomic E-state index is 0.0669. The summed E-state index contributed by atoms with van der Waals surface area (Å²) >= 11 is 0. The normalized spacial score (nSPS) is 18.2. The Morgan fingerprint density at radius 1 is 1.12 bits per heavy atom. The Balaban J connectivity index is 1.72. The number of allylic oxidation sites excluding steroid dienone is 2. The molecule has 1 aliphatic heterocycles. The molecule has 1 aromatic carbocycles. The number of fused-ring (bicyclic) bond motifs is 2. The molecule has 2 heterocycles. The Bertz CT molecular complexity index is 935. The standard InChI is InChI=1S/C19H16N2O4/c22-17-13-6-1-2-7-14(13)18(23)21(17)16(19(24)25)9-11-10-20-15-8-4-3-5-12(11)15/h3-8,10,16,20H,1-2,9H2,(H,24,25)/t16-/m0/s1. The lowest BCUT2D eigenvalue weighted by Crippen LogP contribution is -2.46. The number of amides is 2. The van der Waals surface area contributed by atoms with Gasteiger partial charge in [0.15, 0.2) is 0 Å². The van der Waals surface area contributed by atoms with Crippen LogP contribution in [0.25, 0.3) is 10.9 Å². The summed E-state index contributed by atoms with van der Waals surface area (Å²) in [4.78, 5) is 41.1. The molecule has 1 aromatic heterocycles. The Morgan fingerprint density at radius 3 is 2.40 bits per heavy atom. The van der Waals surface area contributed by atoms with Gasteiger partial charge < -0.3 is 10.1 Å². The van der Waals surface area contributed by atoms with Crippen LogP contribution in [-0.4, -0.2) is 38.8 Å². The van der Waals surface area contributed by atoms with Crippen LogP contribution in [-0.2, 0) is 20.8 Å². The number of imide groups is 1. The van der Waals surface area contributed by atoms with E-state index in [4.69, 9.17) is 0 Å². The summed E-state index contributed by atoms with van der Waals surface area (Å²) < 4.78 is 0. The smallest absolute Gasteiger partial charge is 0.327 e. The average molecular weight is 336 g/mol. The maximum Gasteiger partial charge on any atom is 0.327 e. The van der Waals surface area contributed by atoms with Crippen molar-refractivity contribution in [3.63, 3.8) is 0 Å². The fraction of sp³-hybridized carbons (Fsp3) is 0.211. The van der Waals surface area contributed by atoms with Gasteiger partial charge in [-0.15, -0.1) is 0 Å². The van der Waals surface area contributed by atoms with Gasteiger partial charge in [0.2, 0.25) is 0 Å². The number of H-pyrrole nitrogens is 1. The van der Waals surface area contributed by atoms with E-state index in [1.54, 1.807) is 18.3 Å². The van der Waals surface area contributed by atoms with Crippen molar-refractivity contribution in [3.8, 4) is 0 Å². The molecule has 0 saturated carbocycles. The Hall–Kier alpha value is -3.15. The van der Waals surface area contributed by atoms with Crippen LogP contribution in [0, 0.1) is 0 Å². The summed E-state index contributed by atoms with van der Waals surface area (Å²) in [6.07, 6.45) is 6.62. The van der Waals surface area contributed by atoms with Gasteiger partial charge in [-0.2, -0.15) is 0 Å². The minimum atomic E-state index is -1.23. The predicted molar refractivity (Wildman–Crippen MR) is 90.7 cm³/mol. The summed E-state index contributed by atoms with van der Waals surface area (Å²) in [6.45, 7) is 0. The topological polar surface area (TPSA) is 90.5 Å². The molecule has 1 atom stereocenters. The van der Waals surface area contributed by atoms with E-state index < -0.39 is 23.8 Å². The largest absolute Gasteiger partial charge is 0.480 e. The number of aliphatic carboxylic acids is 1.